The highest BCUT2D eigenvalue weighted by Gasteiger charge is 2.34. The number of amides is 1. The van der Waals surface area contributed by atoms with Crippen molar-refractivity contribution in [1.82, 2.24) is 0 Å². The summed E-state index contributed by atoms with van der Waals surface area (Å²) in [6, 6.07) is 5.48. The number of benzene rings is 1. The number of halogens is 1. The standard InChI is InChI=1S/C12H12FNO3/c13-8-3-5-9(6-4-8)14-7-1-2-10(11(14)15)12(16)17/h3-6,10H,1-2,7H2,(H,16,17). The summed E-state index contributed by atoms with van der Waals surface area (Å²) in [5.74, 6) is -2.88. The molecule has 1 aliphatic heterocycles. The van der Waals surface area contributed by atoms with Gasteiger partial charge in [0.05, 0.1) is 0 Å². The van der Waals surface area contributed by atoms with Gasteiger partial charge in [0.2, 0.25) is 5.91 Å². The van der Waals surface area contributed by atoms with Crippen molar-refractivity contribution in [1.29, 1.82) is 0 Å². The fourth-order valence-corrected chi connectivity index (χ4v) is 1.98. The zero-order valence-corrected chi connectivity index (χ0v) is 9.10. The van der Waals surface area contributed by atoms with Crippen LogP contribution in [-0.4, -0.2) is 23.5 Å². The molecule has 0 saturated carbocycles. The summed E-state index contributed by atoms with van der Waals surface area (Å²) in [6.07, 6.45) is 1.01. The second-order valence-corrected chi connectivity index (χ2v) is 4.00. The highest BCUT2D eigenvalue weighted by atomic mass is 19.1. The molecule has 4 nitrogen and oxygen atoms in total. The van der Waals surface area contributed by atoms with Crippen molar-refractivity contribution in [3.63, 3.8) is 0 Å². The summed E-state index contributed by atoms with van der Waals surface area (Å²) < 4.78 is 12.8. The van der Waals surface area contributed by atoms with Crippen LogP contribution in [0.4, 0.5) is 10.1 Å². The minimum atomic E-state index is -1.10. The third-order valence-electron chi connectivity index (χ3n) is 2.88. The second-order valence-electron chi connectivity index (χ2n) is 4.00. The van der Waals surface area contributed by atoms with Gasteiger partial charge in [-0.2, -0.15) is 0 Å². The van der Waals surface area contributed by atoms with Gasteiger partial charge >= 0.3 is 5.97 Å². The molecule has 17 heavy (non-hydrogen) atoms. The predicted octanol–water partition coefficient (Wildman–Crippen LogP) is 1.65. The molecule has 0 radical (unpaired) electrons. The number of aliphatic carboxylic acids is 1. The monoisotopic (exact) mass is 237 g/mol. The first-order chi connectivity index (χ1) is 8.09. The Morgan fingerprint density at radius 3 is 2.59 bits per heavy atom. The molecule has 0 aromatic heterocycles. The molecule has 1 N–H and O–H groups in total. The van der Waals surface area contributed by atoms with Crippen LogP contribution in [0.25, 0.3) is 0 Å². The van der Waals surface area contributed by atoms with Crippen LogP contribution in [0.5, 0.6) is 0 Å². The molecule has 0 spiro atoms. The van der Waals surface area contributed by atoms with Gasteiger partial charge in [-0.15, -0.1) is 0 Å². The van der Waals surface area contributed by atoms with Crippen molar-refractivity contribution in [3.05, 3.63) is 30.1 Å². The number of rotatable bonds is 2. The molecule has 1 heterocycles. The first-order valence-electron chi connectivity index (χ1n) is 5.39. The molecule has 1 saturated heterocycles. The quantitative estimate of drug-likeness (QED) is 0.796. The van der Waals surface area contributed by atoms with Crippen LogP contribution in [0.1, 0.15) is 12.8 Å². The van der Waals surface area contributed by atoms with E-state index in [0.717, 1.165) is 0 Å². The summed E-state index contributed by atoms with van der Waals surface area (Å²) in [5, 5.41) is 8.91. The van der Waals surface area contributed by atoms with E-state index in [1.165, 1.54) is 29.2 Å². The smallest absolute Gasteiger partial charge is 0.316 e. The maximum Gasteiger partial charge on any atom is 0.316 e. The van der Waals surface area contributed by atoms with Gasteiger partial charge in [0.15, 0.2) is 0 Å². The Bertz CT molecular complexity index is 444. The highest BCUT2D eigenvalue weighted by Crippen LogP contribution is 2.24. The normalized spacial score (nSPS) is 20.4. The molecule has 1 amide bonds. The maximum atomic E-state index is 12.8. The Hall–Kier alpha value is -1.91. The largest absolute Gasteiger partial charge is 0.481 e. The Morgan fingerprint density at radius 1 is 1.35 bits per heavy atom. The summed E-state index contributed by atoms with van der Waals surface area (Å²) in [5.41, 5.74) is 0.544. The summed E-state index contributed by atoms with van der Waals surface area (Å²) >= 11 is 0. The number of carboxylic acid groups (broad SMARTS) is 1. The van der Waals surface area contributed by atoms with Crippen LogP contribution in [0.2, 0.25) is 0 Å². The second kappa shape index (κ2) is 4.53. The number of piperidine rings is 1. The first kappa shape index (κ1) is 11.6. The van der Waals surface area contributed by atoms with Crippen molar-refractivity contribution in [2.75, 3.05) is 11.4 Å². The number of nitrogens with zero attached hydrogens (tertiary/aromatic N) is 1. The minimum absolute atomic E-state index is 0.367. The van der Waals surface area contributed by atoms with Gasteiger partial charge in [0.25, 0.3) is 0 Å². The first-order valence-corrected chi connectivity index (χ1v) is 5.39. The van der Waals surface area contributed by atoms with Crippen LogP contribution < -0.4 is 4.90 Å². The summed E-state index contributed by atoms with van der Waals surface area (Å²) in [7, 11) is 0. The van der Waals surface area contributed by atoms with Crippen LogP contribution in [0.15, 0.2) is 24.3 Å². The van der Waals surface area contributed by atoms with Crippen molar-refractivity contribution < 1.29 is 19.1 Å². The number of anilines is 1. The Morgan fingerprint density at radius 2 is 2.00 bits per heavy atom. The fourth-order valence-electron chi connectivity index (χ4n) is 1.98. The lowest BCUT2D eigenvalue weighted by atomic mass is 9.97. The van der Waals surface area contributed by atoms with E-state index in [1.807, 2.05) is 0 Å². The van der Waals surface area contributed by atoms with E-state index < -0.39 is 17.8 Å². The lowest BCUT2D eigenvalue weighted by Crippen LogP contribution is -2.44. The molecule has 5 heteroatoms. The molecule has 1 aromatic rings. The zero-order chi connectivity index (χ0) is 12.4. The molecule has 2 rings (SSSR count). The highest BCUT2D eigenvalue weighted by molar-refractivity contribution is 6.06. The van der Waals surface area contributed by atoms with Crippen LogP contribution >= 0.6 is 0 Å². The Kier molecular flexibility index (Phi) is 3.08. The molecule has 1 atom stereocenters. The molecular weight excluding hydrogens is 225 g/mol. The van der Waals surface area contributed by atoms with E-state index in [2.05, 4.69) is 0 Å². The van der Waals surface area contributed by atoms with Crippen molar-refractivity contribution in [2.45, 2.75) is 12.8 Å². The van der Waals surface area contributed by atoms with Gasteiger partial charge in [-0.05, 0) is 37.1 Å². The van der Waals surface area contributed by atoms with Crippen LogP contribution in [-0.2, 0) is 9.59 Å². The number of hydrogen-bond acceptors (Lipinski definition) is 2. The number of hydrogen-bond donors (Lipinski definition) is 1. The van der Waals surface area contributed by atoms with Crippen molar-refractivity contribution >= 4 is 17.6 Å². The molecule has 1 fully saturated rings. The van der Waals surface area contributed by atoms with Crippen LogP contribution in [0, 0.1) is 11.7 Å². The molecular formula is C12H12FNO3. The average Bonchev–Trinajstić information content (AvgIpc) is 2.30. The fraction of sp³-hybridized carbons (Fsp3) is 0.333. The van der Waals surface area contributed by atoms with Crippen LogP contribution in [0.3, 0.4) is 0 Å². The topological polar surface area (TPSA) is 57.6 Å². The van der Waals surface area contributed by atoms with E-state index in [1.54, 1.807) is 0 Å². The molecule has 0 aliphatic carbocycles. The minimum Gasteiger partial charge on any atom is -0.481 e. The summed E-state index contributed by atoms with van der Waals surface area (Å²) in [6.45, 7) is 0.480. The van der Waals surface area contributed by atoms with Crippen molar-refractivity contribution in [3.8, 4) is 0 Å². The zero-order valence-electron chi connectivity index (χ0n) is 9.10. The summed E-state index contributed by atoms with van der Waals surface area (Å²) in [4.78, 5) is 24.2. The van der Waals surface area contributed by atoms with E-state index >= 15 is 0 Å². The third kappa shape index (κ3) is 2.27. The average molecular weight is 237 g/mol. The number of carbonyl (C=O) groups excluding carboxylic acids is 1. The van der Waals surface area contributed by atoms with Gasteiger partial charge in [-0.3, -0.25) is 9.59 Å². The molecule has 1 aromatic carbocycles. The number of carboxylic acids is 1. The van der Waals surface area contributed by atoms with E-state index in [-0.39, 0.29) is 5.82 Å². The third-order valence-corrected chi connectivity index (χ3v) is 2.88. The Labute approximate surface area is 97.7 Å². The maximum absolute atomic E-state index is 12.8. The molecule has 1 aliphatic rings. The van der Waals surface area contributed by atoms with E-state index in [4.69, 9.17) is 5.11 Å². The molecule has 0 bridgehead atoms. The van der Waals surface area contributed by atoms with Gasteiger partial charge in [0, 0.05) is 12.2 Å². The van der Waals surface area contributed by atoms with E-state index in [0.29, 0.717) is 25.1 Å². The van der Waals surface area contributed by atoms with Crippen molar-refractivity contribution in [2.24, 2.45) is 5.92 Å². The van der Waals surface area contributed by atoms with Gasteiger partial charge in [-0.1, -0.05) is 0 Å². The van der Waals surface area contributed by atoms with E-state index in [9.17, 15) is 14.0 Å². The molecule has 1 unspecified atom stereocenters. The van der Waals surface area contributed by atoms with Gasteiger partial charge < -0.3 is 10.0 Å². The SMILES string of the molecule is O=C(O)C1CCCN(c2ccc(F)cc2)C1=O. The molecule has 90 valence electrons. The number of carbonyl (C=O) groups is 2. The lowest BCUT2D eigenvalue weighted by Gasteiger charge is -2.30. The van der Waals surface area contributed by atoms with Gasteiger partial charge in [0.1, 0.15) is 11.7 Å². The predicted molar refractivity (Wildman–Crippen MR) is 59.1 cm³/mol. The van der Waals surface area contributed by atoms with Gasteiger partial charge in [-0.25, -0.2) is 4.39 Å². The lowest BCUT2D eigenvalue weighted by molar-refractivity contribution is -0.147. The Balaban J connectivity index is 2.23.